The van der Waals surface area contributed by atoms with E-state index in [1.54, 1.807) is 0 Å². The van der Waals surface area contributed by atoms with E-state index in [-0.39, 0.29) is 12.1 Å². The molecule has 0 amide bonds. The van der Waals surface area contributed by atoms with Crippen LogP contribution in [0.25, 0.3) is 10.9 Å². The number of fused-ring (bicyclic) bond motifs is 1. The molecule has 3 rings (SSSR count). The number of aryl methyl sites for hydroxylation is 1. The highest BCUT2D eigenvalue weighted by molar-refractivity contribution is 5.79. The molecule has 1 aliphatic heterocycles. The minimum Gasteiger partial charge on any atom is -0.373 e. The molecule has 3 nitrogen and oxygen atoms in total. The number of nitrogens with zero attached hydrogens (tertiary/aromatic N) is 1. The first-order valence-corrected chi connectivity index (χ1v) is 6.92. The average molecular weight is 256 g/mol. The van der Waals surface area contributed by atoms with Crippen LogP contribution in [0.2, 0.25) is 0 Å². The second-order valence-electron chi connectivity index (χ2n) is 5.49. The molecule has 3 heteroatoms. The molecule has 1 saturated heterocycles. The summed E-state index contributed by atoms with van der Waals surface area (Å²) in [5.74, 6) is 0. The first kappa shape index (κ1) is 12.6. The molecule has 0 aliphatic carbocycles. The molecule has 100 valence electrons. The molecule has 0 bridgehead atoms. The lowest BCUT2D eigenvalue weighted by atomic mass is 9.98. The molecule has 3 unspecified atom stereocenters. The first-order chi connectivity index (χ1) is 9.13. The molecule has 1 fully saturated rings. The van der Waals surface area contributed by atoms with Crippen LogP contribution >= 0.6 is 0 Å². The number of benzene rings is 1. The van der Waals surface area contributed by atoms with E-state index in [1.165, 1.54) is 0 Å². The van der Waals surface area contributed by atoms with Crippen LogP contribution < -0.4 is 5.73 Å². The van der Waals surface area contributed by atoms with Gasteiger partial charge in [0.1, 0.15) is 0 Å². The predicted octanol–water partition coefficient (Wildman–Crippen LogP) is 3.11. The topological polar surface area (TPSA) is 48.1 Å². The van der Waals surface area contributed by atoms with Gasteiger partial charge in [-0.15, -0.1) is 0 Å². The maximum absolute atomic E-state index is 6.34. The molecule has 19 heavy (non-hydrogen) atoms. The van der Waals surface area contributed by atoms with Gasteiger partial charge in [0.2, 0.25) is 0 Å². The van der Waals surface area contributed by atoms with Gasteiger partial charge >= 0.3 is 0 Å². The molecular formula is C16H20N2O. The molecule has 2 heterocycles. The average Bonchev–Trinajstić information content (AvgIpc) is 2.84. The number of rotatable bonds is 2. The largest absolute Gasteiger partial charge is 0.373 e. The van der Waals surface area contributed by atoms with Gasteiger partial charge in [0.15, 0.2) is 0 Å². The van der Waals surface area contributed by atoms with Crippen molar-refractivity contribution in [1.82, 2.24) is 4.98 Å². The third-order valence-corrected chi connectivity index (χ3v) is 3.90. The van der Waals surface area contributed by atoms with E-state index >= 15 is 0 Å². The number of pyridine rings is 1. The number of hydrogen-bond donors (Lipinski definition) is 1. The number of ether oxygens (including phenoxy) is 1. The van der Waals surface area contributed by atoms with Crippen molar-refractivity contribution in [2.75, 3.05) is 0 Å². The Balaban J connectivity index is 1.90. The van der Waals surface area contributed by atoms with Crippen molar-refractivity contribution >= 4 is 10.9 Å². The number of hydrogen-bond acceptors (Lipinski definition) is 3. The van der Waals surface area contributed by atoms with Gasteiger partial charge in [-0.05, 0) is 50.5 Å². The van der Waals surface area contributed by atoms with Crippen LogP contribution in [0, 0.1) is 6.92 Å². The van der Waals surface area contributed by atoms with E-state index in [9.17, 15) is 0 Å². The molecule has 1 aromatic carbocycles. The van der Waals surface area contributed by atoms with Gasteiger partial charge in [0.25, 0.3) is 0 Å². The lowest BCUT2D eigenvalue weighted by molar-refractivity contribution is 0.0401. The third kappa shape index (κ3) is 2.48. The molecule has 1 aromatic heterocycles. The van der Waals surface area contributed by atoms with Crippen molar-refractivity contribution < 1.29 is 4.74 Å². The Hall–Kier alpha value is -1.45. The van der Waals surface area contributed by atoms with E-state index in [1.807, 2.05) is 13.0 Å². The second-order valence-corrected chi connectivity index (χ2v) is 5.49. The predicted molar refractivity (Wildman–Crippen MR) is 77.0 cm³/mol. The second kappa shape index (κ2) is 4.91. The van der Waals surface area contributed by atoms with Crippen LogP contribution in [0.1, 0.15) is 37.1 Å². The molecule has 0 saturated carbocycles. The summed E-state index contributed by atoms with van der Waals surface area (Å²) in [6, 6.07) is 10.4. The lowest BCUT2D eigenvalue weighted by Gasteiger charge is -2.20. The minimum atomic E-state index is -0.0457. The SMILES string of the molecule is Cc1ccc2cc(C(N)C3CCC(C)O3)ccc2n1. The molecular weight excluding hydrogens is 236 g/mol. The maximum atomic E-state index is 6.34. The van der Waals surface area contributed by atoms with Crippen LogP contribution in [0.4, 0.5) is 0 Å². The number of aromatic nitrogens is 1. The van der Waals surface area contributed by atoms with Crippen LogP contribution in [-0.2, 0) is 4.74 Å². The zero-order valence-corrected chi connectivity index (χ0v) is 11.5. The Morgan fingerprint density at radius 3 is 2.84 bits per heavy atom. The fourth-order valence-electron chi connectivity index (χ4n) is 2.77. The third-order valence-electron chi connectivity index (χ3n) is 3.90. The van der Waals surface area contributed by atoms with Crippen LogP contribution in [0.5, 0.6) is 0 Å². The quantitative estimate of drug-likeness (QED) is 0.898. The molecule has 2 aromatic rings. The monoisotopic (exact) mass is 256 g/mol. The van der Waals surface area contributed by atoms with Crippen LogP contribution in [-0.4, -0.2) is 17.2 Å². The van der Waals surface area contributed by atoms with Crippen molar-refractivity contribution in [1.29, 1.82) is 0 Å². The standard InChI is InChI=1S/C16H20N2O/c1-10-3-5-12-9-13(6-7-14(12)18-10)16(17)15-8-4-11(2)19-15/h3,5-7,9,11,15-16H,4,8,17H2,1-2H3. The van der Waals surface area contributed by atoms with Gasteiger partial charge in [0.05, 0.1) is 23.8 Å². The summed E-state index contributed by atoms with van der Waals surface area (Å²) in [4.78, 5) is 4.51. The van der Waals surface area contributed by atoms with Gasteiger partial charge < -0.3 is 10.5 Å². The summed E-state index contributed by atoms with van der Waals surface area (Å²) in [6.45, 7) is 4.12. The van der Waals surface area contributed by atoms with E-state index < -0.39 is 0 Å². The van der Waals surface area contributed by atoms with Gasteiger partial charge in [0, 0.05) is 11.1 Å². The zero-order chi connectivity index (χ0) is 13.4. The molecule has 1 aliphatic rings. The number of nitrogens with two attached hydrogens (primary N) is 1. The molecule has 3 atom stereocenters. The van der Waals surface area contributed by atoms with E-state index in [0.717, 1.165) is 35.0 Å². The van der Waals surface area contributed by atoms with E-state index in [4.69, 9.17) is 10.5 Å². The lowest BCUT2D eigenvalue weighted by Crippen LogP contribution is -2.26. The normalized spacial score (nSPS) is 24.8. The van der Waals surface area contributed by atoms with Crippen molar-refractivity contribution in [3.8, 4) is 0 Å². The van der Waals surface area contributed by atoms with Gasteiger partial charge in [-0.25, -0.2) is 0 Å². The van der Waals surface area contributed by atoms with Crippen LogP contribution in [0.3, 0.4) is 0 Å². The molecule has 0 radical (unpaired) electrons. The Labute approximate surface area is 113 Å². The Kier molecular flexibility index (Phi) is 3.25. The summed E-state index contributed by atoms with van der Waals surface area (Å²) in [5.41, 5.74) is 9.54. The van der Waals surface area contributed by atoms with Crippen molar-refractivity contribution in [2.45, 2.75) is 44.9 Å². The van der Waals surface area contributed by atoms with Crippen LogP contribution in [0.15, 0.2) is 30.3 Å². The minimum absolute atomic E-state index is 0.0457. The van der Waals surface area contributed by atoms with Gasteiger partial charge in [-0.1, -0.05) is 12.1 Å². The Morgan fingerprint density at radius 2 is 2.11 bits per heavy atom. The van der Waals surface area contributed by atoms with Gasteiger partial charge in [-0.3, -0.25) is 4.98 Å². The van der Waals surface area contributed by atoms with Crippen molar-refractivity contribution in [3.05, 3.63) is 41.6 Å². The molecule has 0 spiro atoms. The summed E-state index contributed by atoms with van der Waals surface area (Å²) in [7, 11) is 0. The summed E-state index contributed by atoms with van der Waals surface area (Å²) in [6.07, 6.45) is 2.63. The van der Waals surface area contributed by atoms with Crippen molar-refractivity contribution in [2.24, 2.45) is 5.73 Å². The Bertz CT molecular complexity index is 596. The first-order valence-electron chi connectivity index (χ1n) is 6.92. The molecule has 2 N–H and O–H groups in total. The maximum Gasteiger partial charge on any atom is 0.0772 e. The van der Waals surface area contributed by atoms with Crippen molar-refractivity contribution in [3.63, 3.8) is 0 Å². The summed E-state index contributed by atoms with van der Waals surface area (Å²) < 4.78 is 5.87. The summed E-state index contributed by atoms with van der Waals surface area (Å²) >= 11 is 0. The zero-order valence-electron chi connectivity index (χ0n) is 11.5. The highest BCUT2D eigenvalue weighted by Crippen LogP contribution is 2.29. The van der Waals surface area contributed by atoms with E-state index in [0.29, 0.717) is 6.10 Å². The fourth-order valence-corrected chi connectivity index (χ4v) is 2.77. The van der Waals surface area contributed by atoms with Gasteiger partial charge in [-0.2, -0.15) is 0 Å². The summed E-state index contributed by atoms with van der Waals surface area (Å²) in [5, 5.41) is 1.14. The fraction of sp³-hybridized carbons (Fsp3) is 0.438. The highest BCUT2D eigenvalue weighted by atomic mass is 16.5. The van der Waals surface area contributed by atoms with E-state index in [2.05, 4.69) is 36.2 Å². The Morgan fingerprint density at radius 1 is 1.26 bits per heavy atom. The smallest absolute Gasteiger partial charge is 0.0772 e. The highest BCUT2D eigenvalue weighted by Gasteiger charge is 2.28.